The van der Waals surface area contributed by atoms with Gasteiger partial charge < -0.3 is 14.5 Å². The molecule has 3 heteroatoms. The van der Waals surface area contributed by atoms with E-state index >= 15 is 0 Å². The first-order valence-electron chi connectivity index (χ1n) is 5.17. The predicted molar refractivity (Wildman–Crippen MR) is 58.1 cm³/mol. The van der Waals surface area contributed by atoms with Crippen molar-refractivity contribution in [2.45, 2.75) is 13.3 Å². The maximum atomic E-state index is 7.15. The minimum atomic E-state index is 0.565. The minimum absolute atomic E-state index is 0.565. The van der Waals surface area contributed by atoms with Crippen LogP contribution < -0.4 is 0 Å². The largest absolute Gasteiger partial charge is 0.445 e. The second-order valence-corrected chi connectivity index (χ2v) is 4.29. The minimum Gasteiger partial charge on any atom is -0.445 e. The van der Waals surface area contributed by atoms with Crippen LogP contribution in [-0.4, -0.2) is 68.4 Å². The van der Waals surface area contributed by atoms with Crippen molar-refractivity contribution in [3.8, 4) is 0 Å². The van der Waals surface area contributed by atoms with E-state index in [1.54, 1.807) is 0 Å². The Kier molecular flexibility index (Phi) is 6.29. The van der Waals surface area contributed by atoms with Crippen LogP contribution >= 0.6 is 0 Å². The third-order valence-electron chi connectivity index (χ3n) is 2.73. The molecule has 0 saturated heterocycles. The number of rotatable bonds is 7. The summed E-state index contributed by atoms with van der Waals surface area (Å²) in [7, 11) is 6.52. The molecule has 13 heavy (non-hydrogen) atoms. The highest BCUT2D eigenvalue weighted by Crippen LogP contribution is 2.03. The predicted octanol–water partition coefficient (Wildman–Crippen LogP) is 0.129. The van der Waals surface area contributed by atoms with Crippen molar-refractivity contribution in [3.05, 3.63) is 0 Å². The number of likely N-dealkylation sites (N-methyl/N-ethyl adjacent to an activating group) is 2. The second kappa shape index (κ2) is 6.35. The molecule has 3 nitrogen and oxygen atoms in total. The highest BCUT2D eigenvalue weighted by Gasteiger charge is 2.18. The Morgan fingerprint density at radius 1 is 1.23 bits per heavy atom. The Balaban J connectivity index is 3.81. The van der Waals surface area contributed by atoms with Gasteiger partial charge in [-0.25, -0.2) is 0 Å². The smallest absolute Gasteiger partial charge is 0.149 e. The molecule has 0 bridgehead atoms. The molecule has 0 rings (SSSR count). The highest BCUT2D eigenvalue weighted by molar-refractivity contribution is 4.44. The lowest BCUT2D eigenvalue weighted by molar-refractivity contribution is -0.907. The van der Waals surface area contributed by atoms with Gasteiger partial charge in [-0.2, -0.15) is 0 Å². The van der Waals surface area contributed by atoms with Crippen LogP contribution in [0.3, 0.4) is 0 Å². The molecule has 0 aromatic heterocycles. The quantitative estimate of drug-likeness (QED) is 0.414. The first-order chi connectivity index (χ1) is 6.04. The second-order valence-electron chi connectivity index (χ2n) is 4.29. The molecule has 0 aromatic rings. The molecular formula is C10H26N2O+2. The number of hydrogen-bond acceptors (Lipinski definition) is 1. The Morgan fingerprint density at radius 2 is 1.85 bits per heavy atom. The van der Waals surface area contributed by atoms with Crippen LogP contribution in [0.5, 0.6) is 0 Å². The van der Waals surface area contributed by atoms with Crippen molar-refractivity contribution >= 4 is 0 Å². The van der Waals surface area contributed by atoms with Gasteiger partial charge in [-0.05, 0) is 21.0 Å². The lowest BCUT2D eigenvalue weighted by Crippen LogP contribution is -2.48. The van der Waals surface area contributed by atoms with Crippen molar-refractivity contribution in [2.75, 3.05) is 53.9 Å². The van der Waals surface area contributed by atoms with Gasteiger partial charge in [-0.1, -0.05) is 0 Å². The zero-order valence-corrected chi connectivity index (χ0v) is 9.64. The van der Waals surface area contributed by atoms with Crippen LogP contribution in [0.1, 0.15) is 13.3 Å². The van der Waals surface area contributed by atoms with Crippen LogP contribution in [0.25, 0.3) is 0 Å². The van der Waals surface area contributed by atoms with Gasteiger partial charge in [0, 0.05) is 6.54 Å². The van der Waals surface area contributed by atoms with Crippen molar-refractivity contribution in [1.82, 2.24) is 4.90 Å². The zero-order valence-electron chi connectivity index (χ0n) is 9.64. The number of hydrogen-bond donors (Lipinski definition) is 0. The highest BCUT2D eigenvalue weighted by atomic mass is 16.3. The van der Waals surface area contributed by atoms with E-state index in [9.17, 15) is 0 Å². The summed E-state index contributed by atoms with van der Waals surface area (Å²) in [5.74, 6) is 0. The van der Waals surface area contributed by atoms with Crippen molar-refractivity contribution in [3.63, 3.8) is 0 Å². The molecule has 0 fully saturated rings. The Bertz CT molecular complexity index is 128. The Labute approximate surface area is 82.5 Å². The summed E-state index contributed by atoms with van der Waals surface area (Å²) in [6.07, 6.45) is 1.03. The van der Waals surface area contributed by atoms with Crippen LogP contribution in [-0.2, 0) is 0 Å². The Morgan fingerprint density at radius 3 is 2.23 bits per heavy atom. The van der Waals surface area contributed by atoms with E-state index in [2.05, 4.69) is 33.0 Å². The van der Waals surface area contributed by atoms with Crippen LogP contribution in [0, 0.1) is 0 Å². The van der Waals surface area contributed by atoms with Gasteiger partial charge in [0.05, 0.1) is 33.1 Å². The SMILES string of the molecule is CC[N+](C)(CCC[OH2+])CCN(C)C. The maximum absolute atomic E-state index is 7.15. The molecule has 0 heterocycles. The molecule has 1 unspecified atom stereocenters. The van der Waals surface area contributed by atoms with Crippen LogP contribution in [0.4, 0.5) is 0 Å². The summed E-state index contributed by atoms with van der Waals surface area (Å²) in [6, 6.07) is 0. The molecule has 1 atom stereocenters. The first kappa shape index (κ1) is 12.9. The van der Waals surface area contributed by atoms with E-state index in [1.165, 1.54) is 13.1 Å². The third-order valence-corrected chi connectivity index (χ3v) is 2.73. The maximum Gasteiger partial charge on any atom is 0.149 e. The van der Waals surface area contributed by atoms with Gasteiger partial charge in [0.15, 0.2) is 0 Å². The fourth-order valence-electron chi connectivity index (χ4n) is 1.33. The lowest BCUT2D eigenvalue weighted by Gasteiger charge is -2.34. The average molecular weight is 190 g/mol. The molecule has 0 saturated carbocycles. The van der Waals surface area contributed by atoms with Crippen molar-refractivity contribution < 1.29 is 9.59 Å². The molecule has 0 radical (unpaired) electrons. The summed E-state index contributed by atoms with van der Waals surface area (Å²) in [5.41, 5.74) is 0. The summed E-state index contributed by atoms with van der Waals surface area (Å²) in [4.78, 5) is 2.23. The van der Waals surface area contributed by atoms with E-state index in [0.717, 1.165) is 24.0 Å². The monoisotopic (exact) mass is 190 g/mol. The normalized spacial score (nSPS) is 16.2. The van der Waals surface area contributed by atoms with E-state index < -0.39 is 0 Å². The fraction of sp³-hybridized carbons (Fsp3) is 1.00. The van der Waals surface area contributed by atoms with Crippen molar-refractivity contribution in [1.29, 1.82) is 0 Å². The number of quaternary nitrogens is 1. The van der Waals surface area contributed by atoms with E-state index in [1.807, 2.05) is 0 Å². The molecule has 80 valence electrons. The molecule has 0 aliphatic rings. The summed E-state index contributed by atoms with van der Waals surface area (Å²) in [6.45, 7) is 7.46. The van der Waals surface area contributed by atoms with Crippen LogP contribution in [0.2, 0.25) is 0 Å². The number of nitrogens with zero attached hydrogens (tertiary/aromatic N) is 2. The fourth-order valence-corrected chi connectivity index (χ4v) is 1.33. The Hall–Kier alpha value is -0.120. The van der Waals surface area contributed by atoms with Gasteiger partial charge >= 0.3 is 0 Å². The van der Waals surface area contributed by atoms with E-state index in [4.69, 9.17) is 5.11 Å². The van der Waals surface area contributed by atoms with Gasteiger partial charge in [-0.3, -0.25) is 0 Å². The van der Waals surface area contributed by atoms with Crippen molar-refractivity contribution in [2.24, 2.45) is 0 Å². The molecule has 0 spiro atoms. The van der Waals surface area contributed by atoms with Crippen LogP contribution in [0.15, 0.2) is 0 Å². The topological polar surface area (TPSA) is 26.1 Å². The van der Waals surface area contributed by atoms with E-state index in [0.29, 0.717) is 6.61 Å². The molecular weight excluding hydrogens is 164 g/mol. The van der Waals surface area contributed by atoms with Gasteiger partial charge in [0.1, 0.15) is 6.61 Å². The lowest BCUT2D eigenvalue weighted by atomic mass is 10.3. The first-order valence-corrected chi connectivity index (χ1v) is 5.17. The molecule has 0 amide bonds. The third kappa shape index (κ3) is 6.02. The van der Waals surface area contributed by atoms with E-state index in [-0.39, 0.29) is 0 Å². The molecule has 0 aliphatic carbocycles. The molecule has 2 N–H and O–H groups in total. The summed E-state index contributed by atoms with van der Waals surface area (Å²) < 4.78 is 1.11. The van der Waals surface area contributed by atoms with Gasteiger partial charge in [0.25, 0.3) is 0 Å². The summed E-state index contributed by atoms with van der Waals surface area (Å²) in [5, 5.41) is 7.15. The standard InChI is InChI=1S/C10H25N2O/c1-5-12(4,8-6-10-13)9-7-11(2)3/h13H,5-10H2,1-4H3/q+1/p+1. The molecule has 0 aliphatic heterocycles. The zero-order chi connectivity index (χ0) is 10.3. The summed E-state index contributed by atoms with van der Waals surface area (Å²) >= 11 is 0. The average Bonchev–Trinajstić information content (AvgIpc) is 2.11. The van der Waals surface area contributed by atoms with Gasteiger partial charge in [0.2, 0.25) is 0 Å². The van der Waals surface area contributed by atoms with Gasteiger partial charge in [-0.15, -0.1) is 0 Å². The molecule has 0 aromatic carbocycles.